The summed E-state index contributed by atoms with van der Waals surface area (Å²) in [5.74, 6) is -0.0156. The highest BCUT2D eigenvalue weighted by Crippen LogP contribution is 2.37. The summed E-state index contributed by atoms with van der Waals surface area (Å²) in [4.78, 5) is 52.4. The Morgan fingerprint density at radius 2 is 1.76 bits per heavy atom. The number of likely N-dealkylation sites (N-methyl/N-ethyl adjacent to an activating group) is 1. The highest BCUT2D eigenvalue weighted by molar-refractivity contribution is 6.05. The van der Waals surface area contributed by atoms with E-state index in [1.807, 2.05) is 12.1 Å². The Morgan fingerprint density at radius 3 is 2.44 bits per heavy atom. The molecule has 184 valence electrons. The van der Waals surface area contributed by atoms with Gasteiger partial charge in [-0.1, -0.05) is 32.9 Å². The van der Waals surface area contributed by atoms with Crippen molar-refractivity contribution in [2.24, 2.45) is 11.3 Å². The van der Waals surface area contributed by atoms with Gasteiger partial charge in [-0.3, -0.25) is 19.3 Å². The largest absolute Gasteiger partial charge is 0.335 e. The number of nitrogens with zero attached hydrogens (tertiary/aromatic N) is 2. The third kappa shape index (κ3) is 4.95. The zero-order valence-electron chi connectivity index (χ0n) is 20.6. The number of imide groups is 1. The van der Waals surface area contributed by atoms with E-state index >= 15 is 0 Å². The predicted octanol–water partition coefficient (Wildman–Crippen LogP) is 3.19. The maximum Gasteiger partial charge on any atom is 0.315 e. The van der Waals surface area contributed by atoms with Gasteiger partial charge in [-0.2, -0.15) is 0 Å². The van der Waals surface area contributed by atoms with Crippen LogP contribution in [0.5, 0.6) is 0 Å². The molecule has 1 aromatic rings. The topological polar surface area (TPSA) is 98.8 Å². The average Bonchev–Trinajstić information content (AvgIpc) is 3.11. The van der Waals surface area contributed by atoms with Gasteiger partial charge < -0.3 is 15.5 Å². The summed E-state index contributed by atoms with van der Waals surface area (Å²) in [7, 11) is 1.47. The van der Waals surface area contributed by atoms with Gasteiger partial charge in [0.1, 0.15) is 6.04 Å². The molecule has 0 radical (unpaired) electrons. The van der Waals surface area contributed by atoms with Crippen LogP contribution in [-0.4, -0.2) is 52.7 Å². The number of carbonyl (C=O) groups excluding carboxylic acids is 4. The lowest BCUT2D eigenvalue weighted by molar-refractivity contribution is -0.150. The molecule has 0 bridgehead atoms. The van der Waals surface area contributed by atoms with Gasteiger partial charge in [-0.15, -0.1) is 0 Å². The van der Waals surface area contributed by atoms with Gasteiger partial charge in [-0.25, -0.2) is 4.79 Å². The van der Waals surface area contributed by atoms with Crippen molar-refractivity contribution < 1.29 is 19.2 Å². The molecule has 1 aromatic carbocycles. The summed E-state index contributed by atoms with van der Waals surface area (Å²) in [5, 5.41) is 6.04. The van der Waals surface area contributed by atoms with Crippen molar-refractivity contribution in [2.45, 2.75) is 84.5 Å². The molecule has 8 nitrogen and oxygen atoms in total. The summed E-state index contributed by atoms with van der Waals surface area (Å²) in [6.07, 6.45) is 4.90. The van der Waals surface area contributed by atoms with Crippen LogP contribution in [0.15, 0.2) is 18.2 Å². The van der Waals surface area contributed by atoms with E-state index in [0.717, 1.165) is 41.7 Å². The molecule has 3 aliphatic rings. The van der Waals surface area contributed by atoms with Gasteiger partial charge in [0.15, 0.2) is 0 Å². The van der Waals surface area contributed by atoms with E-state index in [0.29, 0.717) is 36.4 Å². The van der Waals surface area contributed by atoms with Gasteiger partial charge in [0.05, 0.1) is 0 Å². The highest BCUT2D eigenvalue weighted by Gasteiger charge is 2.41. The molecular formula is C26H36N4O4. The zero-order valence-corrected chi connectivity index (χ0v) is 20.6. The van der Waals surface area contributed by atoms with Crippen LogP contribution >= 0.6 is 0 Å². The maximum absolute atomic E-state index is 12.9. The number of hydrogen-bond acceptors (Lipinski definition) is 4. The first-order valence-corrected chi connectivity index (χ1v) is 12.3. The highest BCUT2D eigenvalue weighted by atomic mass is 16.2. The van der Waals surface area contributed by atoms with E-state index in [1.54, 1.807) is 11.0 Å². The number of fused-ring (bicyclic) bond motifs is 1. The third-order valence-corrected chi connectivity index (χ3v) is 7.74. The number of nitrogens with one attached hydrogen (secondary N) is 2. The van der Waals surface area contributed by atoms with Crippen LogP contribution in [-0.2, 0) is 22.7 Å². The van der Waals surface area contributed by atoms with Crippen molar-refractivity contribution in [3.05, 3.63) is 34.9 Å². The number of carbonyl (C=O) groups is 4. The van der Waals surface area contributed by atoms with E-state index in [1.165, 1.54) is 7.05 Å². The lowest BCUT2D eigenvalue weighted by Crippen LogP contribution is -2.53. The molecule has 1 saturated carbocycles. The first-order chi connectivity index (χ1) is 16.0. The second-order valence-electron chi connectivity index (χ2n) is 11.0. The van der Waals surface area contributed by atoms with E-state index in [2.05, 4.69) is 31.4 Å². The van der Waals surface area contributed by atoms with E-state index in [9.17, 15) is 19.2 Å². The number of likely N-dealkylation sites (tertiary alicyclic amines) is 1. The minimum atomic E-state index is -0.608. The van der Waals surface area contributed by atoms with Crippen LogP contribution < -0.4 is 10.6 Å². The van der Waals surface area contributed by atoms with Crippen molar-refractivity contribution in [1.29, 1.82) is 0 Å². The fraction of sp³-hybridized carbons (Fsp3) is 0.615. The number of hydrogen-bond donors (Lipinski definition) is 2. The Morgan fingerprint density at radius 1 is 1.06 bits per heavy atom. The number of benzene rings is 1. The van der Waals surface area contributed by atoms with Crippen LogP contribution in [0.1, 0.15) is 80.8 Å². The Balaban J connectivity index is 1.30. The van der Waals surface area contributed by atoms with Crippen LogP contribution in [0, 0.1) is 11.3 Å². The number of amides is 5. The number of urea groups is 1. The molecule has 1 unspecified atom stereocenters. The first-order valence-electron chi connectivity index (χ1n) is 12.3. The van der Waals surface area contributed by atoms with Crippen LogP contribution in [0.3, 0.4) is 0 Å². The van der Waals surface area contributed by atoms with Crippen molar-refractivity contribution in [1.82, 2.24) is 20.4 Å². The third-order valence-electron chi connectivity index (χ3n) is 7.74. The molecule has 1 atom stereocenters. The normalized spacial score (nSPS) is 25.4. The molecule has 0 aromatic heterocycles. The Hall–Kier alpha value is -2.90. The van der Waals surface area contributed by atoms with E-state index < -0.39 is 6.04 Å². The molecule has 2 N–H and O–H groups in total. The van der Waals surface area contributed by atoms with Crippen LogP contribution in [0.4, 0.5) is 4.79 Å². The predicted molar refractivity (Wildman–Crippen MR) is 128 cm³/mol. The van der Waals surface area contributed by atoms with Gasteiger partial charge in [0.25, 0.3) is 11.8 Å². The maximum atomic E-state index is 12.9. The quantitative estimate of drug-likeness (QED) is 0.663. The average molecular weight is 469 g/mol. The van der Waals surface area contributed by atoms with Crippen molar-refractivity contribution in [2.75, 3.05) is 7.05 Å². The number of rotatable bonds is 4. The minimum Gasteiger partial charge on any atom is -0.335 e. The molecule has 8 heteroatoms. The summed E-state index contributed by atoms with van der Waals surface area (Å²) < 4.78 is 0. The molecule has 0 spiro atoms. The molecule has 2 heterocycles. The smallest absolute Gasteiger partial charge is 0.315 e. The fourth-order valence-corrected chi connectivity index (χ4v) is 5.47. The molecule has 4 rings (SSSR count). The van der Waals surface area contributed by atoms with Gasteiger partial charge in [0, 0.05) is 38.2 Å². The lowest BCUT2D eigenvalue weighted by Gasteiger charge is -2.37. The van der Waals surface area contributed by atoms with Gasteiger partial charge in [0.2, 0.25) is 5.91 Å². The molecule has 1 saturated heterocycles. The SMILES string of the molecule is CN1C(=O)CCC(N2Cc3cc(CNC(=O)NC4CCC(C(C)(C)C)CC4)ccc3C2=O)C1=O. The van der Waals surface area contributed by atoms with Crippen molar-refractivity contribution in [3.8, 4) is 0 Å². The Kier molecular flexibility index (Phi) is 6.69. The van der Waals surface area contributed by atoms with Gasteiger partial charge >= 0.3 is 6.03 Å². The fourth-order valence-electron chi connectivity index (χ4n) is 5.47. The number of piperidine rings is 1. The van der Waals surface area contributed by atoms with E-state index in [4.69, 9.17) is 0 Å². The summed E-state index contributed by atoms with van der Waals surface area (Å²) in [6.45, 7) is 7.56. The lowest BCUT2D eigenvalue weighted by atomic mass is 9.71. The second kappa shape index (κ2) is 9.39. The standard InChI is InChI=1S/C26H36N4O4/c1-26(2,3)18-6-8-19(9-7-18)28-25(34)27-14-16-5-10-20-17(13-16)15-30(23(20)32)21-11-12-22(31)29(4)24(21)33/h5,10,13,18-19,21H,6-9,11-12,14-15H2,1-4H3,(H2,27,28,34). The molecule has 2 aliphatic heterocycles. The Bertz CT molecular complexity index is 991. The molecule has 2 fully saturated rings. The van der Waals surface area contributed by atoms with Gasteiger partial charge in [-0.05, 0) is 60.6 Å². The Labute approximate surface area is 201 Å². The van der Waals surface area contributed by atoms with Crippen molar-refractivity contribution in [3.63, 3.8) is 0 Å². The molecular weight excluding hydrogens is 432 g/mol. The summed E-state index contributed by atoms with van der Waals surface area (Å²) in [6, 6.07) is 4.96. The van der Waals surface area contributed by atoms with Crippen LogP contribution in [0.2, 0.25) is 0 Å². The second-order valence-corrected chi connectivity index (χ2v) is 11.0. The molecule has 34 heavy (non-hydrogen) atoms. The monoisotopic (exact) mass is 468 g/mol. The summed E-state index contributed by atoms with van der Waals surface area (Å²) in [5.41, 5.74) is 2.64. The first kappa shape index (κ1) is 24.2. The van der Waals surface area contributed by atoms with Crippen molar-refractivity contribution >= 4 is 23.8 Å². The van der Waals surface area contributed by atoms with Crippen LogP contribution in [0.25, 0.3) is 0 Å². The molecule has 5 amide bonds. The summed E-state index contributed by atoms with van der Waals surface area (Å²) >= 11 is 0. The zero-order chi connectivity index (χ0) is 24.6. The molecule has 1 aliphatic carbocycles. The van der Waals surface area contributed by atoms with E-state index in [-0.39, 0.29) is 36.2 Å². The minimum absolute atomic E-state index is 0.169.